The van der Waals surface area contributed by atoms with E-state index in [9.17, 15) is 9.90 Å². The van der Waals surface area contributed by atoms with E-state index < -0.39 is 0 Å². The summed E-state index contributed by atoms with van der Waals surface area (Å²) in [6, 6.07) is 5.60. The third-order valence-corrected chi connectivity index (χ3v) is 4.20. The molecule has 0 bridgehead atoms. The third-order valence-electron chi connectivity index (χ3n) is 4.20. The van der Waals surface area contributed by atoms with Crippen molar-refractivity contribution in [1.29, 1.82) is 0 Å². The van der Waals surface area contributed by atoms with Gasteiger partial charge < -0.3 is 10.0 Å². The fraction of sp³-hybridized carbons (Fsp3) is 0.467. The van der Waals surface area contributed by atoms with E-state index >= 15 is 0 Å². The lowest BCUT2D eigenvalue weighted by molar-refractivity contribution is 0.0521. The number of nitrogens with one attached hydrogen (secondary N) is 1. The number of aliphatic hydroxyl groups is 1. The van der Waals surface area contributed by atoms with E-state index in [-0.39, 0.29) is 12.0 Å². The monoisotopic (exact) mass is 273 g/mol. The van der Waals surface area contributed by atoms with Crippen LogP contribution < -0.4 is 0 Å². The molecule has 1 aromatic carbocycles. The largest absolute Gasteiger partial charge is 0.393 e. The molecule has 20 heavy (non-hydrogen) atoms. The molecule has 1 saturated heterocycles. The molecule has 3 rings (SSSR count). The molecule has 2 aromatic rings. The van der Waals surface area contributed by atoms with Gasteiger partial charge in [-0.05, 0) is 43.9 Å². The number of amides is 1. The second-order valence-corrected chi connectivity index (χ2v) is 5.54. The summed E-state index contributed by atoms with van der Waals surface area (Å²) in [6.07, 6.45) is 3.19. The van der Waals surface area contributed by atoms with Crippen LogP contribution >= 0.6 is 0 Å². The molecule has 2 heterocycles. The molecule has 2 N–H and O–H groups in total. The Morgan fingerprint density at radius 2 is 2.20 bits per heavy atom. The molecule has 1 atom stereocenters. The molecule has 0 aliphatic carbocycles. The smallest absolute Gasteiger partial charge is 0.253 e. The summed E-state index contributed by atoms with van der Waals surface area (Å²) < 4.78 is 0. The predicted octanol–water partition coefficient (Wildman–Crippen LogP) is 1.80. The van der Waals surface area contributed by atoms with Crippen LogP contribution in [0.4, 0.5) is 0 Å². The van der Waals surface area contributed by atoms with Gasteiger partial charge in [0.15, 0.2) is 0 Å². The number of carbonyl (C=O) groups is 1. The van der Waals surface area contributed by atoms with E-state index in [1.807, 2.05) is 30.0 Å². The van der Waals surface area contributed by atoms with Crippen LogP contribution in [0.5, 0.6) is 0 Å². The van der Waals surface area contributed by atoms with Gasteiger partial charge in [-0.2, -0.15) is 5.10 Å². The van der Waals surface area contributed by atoms with Gasteiger partial charge >= 0.3 is 0 Å². The second kappa shape index (κ2) is 5.25. The highest BCUT2D eigenvalue weighted by molar-refractivity contribution is 5.97. The minimum Gasteiger partial charge on any atom is -0.393 e. The molecule has 1 aliphatic rings. The zero-order valence-corrected chi connectivity index (χ0v) is 11.5. The maximum Gasteiger partial charge on any atom is 0.253 e. The SMILES string of the molecule is CC(O)C1CCN(C(=O)c2ccc3[nH]ncc3c2)CC1. The number of hydrogen-bond donors (Lipinski definition) is 2. The first kappa shape index (κ1) is 13.1. The van der Waals surface area contributed by atoms with Crippen LogP contribution in [0.25, 0.3) is 10.9 Å². The van der Waals surface area contributed by atoms with Crippen LogP contribution in [0.15, 0.2) is 24.4 Å². The number of aromatic amines is 1. The highest BCUT2D eigenvalue weighted by atomic mass is 16.3. The average molecular weight is 273 g/mol. The number of benzene rings is 1. The van der Waals surface area contributed by atoms with Gasteiger partial charge in [0.25, 0.3) is 5.91 Å². The van der Waals surface area contributed by atoms with Gasteiger partial charge in [-0.1, -0.05) is 0 Å². The number of aliphatic hydroxyl groups excluding tert-OH is 1. The van der Waals surface area contributed by atoms with Crippen molar-refractivity contribution in [2.24, 2.45) is 5.92 Å². The minimum absolute atomic E-state index is 0.0668. The predicted molar refractivity (Wildman–Crippen MR) is 76.4 cm³/mol. The third kappa shape index (κ3) is 2.41. The molecule has 5 heteroatoms. The van der Waals surface area contributed by atoms with E-state index in [4.69, 9.17) is 0 Å². The zero-order valence-electron chi connectivity index (χ0n) is 11.5. The molecular formula is C15H19N3O2. The van der Waals surface area contributed by atoms with Crippen molar-refractivity contribution >= 4 is 16.8 Å². The first-order chi connectivity index (χ1) is 9.65. The fourth-order valence-electron chi connectivity index (χ4n) is 2.84. The van der Waals surface area contributed by atoms with Crippen molar-refractivity contribution in [2.75, 3.05) is 13.1 Å². The summed E-state index contributed by atoms with van der Waals surface area (Å²) in [6.45, 7) is 3.27. The summed E-state index contributed by atoms with van der Waals surface area (Å²) >= 11 is 0. The lowest BCUT2D eigenvalue weighted by atomic mass is 9.92. The summed E-state index contributed by atoms with van der Waals surface area (Å²) in [5, 5.41) is 17.4. The maximum atomic E-state index is 12.5. The number of nitrogens with zero attached hydrogens (tertiary/aromatic N) is 2. The molecular weight excluding hydrogens is 254 g/mol. The quantitative estimate of drug-likeness (QED) is 0.876. The van der Waals surface area contributed by atoms with Gasteiger partial charge in [0, 0.05) is 24.0 Å². The number of rotatable bonds is 2. The molecule has 5 nitrogen and oxygen atoms in total. The van der Waals surface area contributed by atoms with Crippen LogP contribution in [0.1, 0.15) is 30.1 Å². The minimum atomic E-state index is -0.283. The molecule has 1 aromatic heterocycles. The molecule has 0 saturated carbocycles. The van der Waals surface area contributed by atoms with E-state index in [2.05, 4.69) is 10.2 Å². The van der Waals surface area contributed by atoms with Crippen LogP contribution in [-0.4, -0.2) is 45.3 Å². The van der Waals surface area contributed by atoms with Crippen molar-refractivity contribution < 1.29 is 9.90 Å². The van der Waals surface area contributed by atoms with Crippen molar-refractivity contribution in [3.63, 3.8) is 0 Å². The molecule has 1 unspecified atom stereocenters. The van der Waals surface area contributed by atoms with E-state index in [1.165, 1.54) is 0 Å². The lowest BCUT2D eigenvalue weighted by Gasteiger charge is -2.33. The van der Waals surface area contributed by atoms with Gasteiger partial charge in [0.1, 0.15) is 0 Å². The Morgan fingerprint density at radius 3 is 2.90 bits per heavy atom. The molecule has 1 aliphatic heterocycles. The van der Waals surface area contributed by atoms with E-state index in [0.29, 0.717) is 11.5 Å². The zero-order chi connectivity index (χ0) is 14.1. The van der Waals surface area contributed by atoms with Crippen molar-refractivity contribution in [1.82, 2.24) is 15.1 Å². The van der Waals surface area contributed by atoms with E-state index in [1.54, 1.807) is 6.20 Å². The molecule has 106 valence electrons. The first-order valence-electron chi connectivity index (χ1n) is 7.05. The Hall–Kier alpha value is -1.88. The first-order valence-corrected chi connectivity index (χ1v) is 7.05. The molecule has 0 radical (unpaired) electrons. The van der Waals surface area contributed by atoms with Crippen molar-refractivity contribution in [3.8, 4) is 0 Å². The number of H-pyrrole nitrogens is 1. The van der Waals surface area contributed by atoms with Crippen molar-refractivity contribution in [2.45, 2.75) is 25.9 Å². The van der Waals surface area contributed by atoms with E-state index in [0.717, 1.165) is 36.8 Å². The Balaban J connectivity index is 1.73. The summed E-state index contributed by atoms with van der Waals surface area (Å²) in [5.74, 6) is 0.382. The number of aromatic nitrogens is 2. The standard InChI is InChI=1S/C15H19N3O2/c1-10(19)11-4-6-18(7-5-11)15(20)12-2-3-14-13(8-12)9-16-17-14/h2-3,8-11,19H,4-7H2,1H3,(H,16,17). The summed E-state index contributed by atoms with van der Waals surface area (Å²) in [5.41, 5.74) is 1.64. The van der Waals surface area contributed by atoms with Crippen LogP contribution in [-0.2, 0) is 0 Å². The topological polar surface area (TPSA) is 69.2 Å². The number of carbonyl (C=O) groups excluding carboxylic acids is 1. The maximum absolute atomic E-state index is 12.5. The number of hydrogen-bond acceptors (Lipinski definition) is 3. The van der Waals surface area contributed by atoms with Gasteiger partial charge in [0.2, 0.25) is 0 Å². The molecule has 0 spiro atoms. The number of piperidine rings is 1. The van der Waals surface area contributed by atoms with Gasteiger partial charge in [-0.3, -0.25) is 9.89 Å². The highest BCUT2D eigenvalue weighted by Gasteiger charge is 2.26. The number of fused-ring (bicyclic) bond motifs is 1. The van der Waals surface area contributed by atoms with Crippen LogP contribution in [0, 0.1) is 5.92 Å². The normalized spacial score (nSPS) is 18.4. The van der Waals surface area contributed by atoms with Crippen molar-refractivity contribution in [3.05, 3.63) is 30.0 Å². The Labute approximate surface area is 117 Å². The second-order valence-electron chi connectivity index (χ2n) is 5.54. The molecule has 1 amide bonds. The Bertz CT molecular complexity index is 612. The van der Waals surface area contributed by atoms with Gasteiger partial charge in [-0.25, -0.2) is 0 Å². The van der Waals surface area contributed by atoms with Crippen LogP contribution in [0.3, 0.4) is 0 Å². The lowest BCUT2D eigenvalue weighted by Crippen LogP contribution is -2.40. The molecule has 1 fully saturated rings. The summed E-state index contributed by atoms with van der Waals surface area (Å²) in [4.78, 5) is 14.3. The van der Waals surface area contributed by atoms with Gasteiger partial charge in [-0.15, -0.1) is 0 Å². The Kier molecular flexibility index (Phi) is 3.44. The van der Waals surface area contributed by atoms with Crippen LogP contribution in [0.2, 0.25) is 0 Å². The average Bonchev–Trinajstić information content (AvgIpc) is 2.94. The number of likely N-dealkylation sites (tertiary alicyclic amines) is 1. The highest BCUT2D eigenvalue weighted by Crippen LogP contribution is 2.22. The summed E-state index contributed by atoms with van der Waals surface area (Å²) in [7, 11) is 0. The van der Waals surface area contributed by atoms with Gasteiger partial charge in [0.05, 0.1) is 17.8 Å². The fourth-order valence-corrected chi connectivity index (χ4v) is 2.84. The Morgan fingerprint density at radius 1 is 1.45 bits per heavy atom.